The van der Waals surface area contributed by atoms with Gasteiger partial charge >= 0.3 is 0 Å². The van der Waals surface area contributed by atoms with E-state index in [0.29, 0.717) is 6.54 Å². The van der Waals surface area contributed by atoms with Crippen molar-refractivity contribution in [1.29, 1.82) is 0 Å². The zero-order chi connectivity index (χ0) is 12.0. The standard InChI is InChI=1S/C11H20ClN3O/c1-10(7-12)8-14(2)9-11(16)15-5-3-13-4-6-15/h7,13H,3-6,8-9H2,1-2H3. The second-order valence-corrected chi connectivity index (χ2v) is 4.48. The highest BCUT2D eigenvalue weighted by Gasteiger charge is 2.17. The minimum atomic E-state index is 0.200. The van der Waals surface area contributed by atoms with Gasteiger partial charge in [-0.15, -0.1) is 0 Å². The zero-order valence-electron chi connectivity index (χ0n) is 10.0. The van der Waals surface area contributed by atoms with E-state index in [1.54, 1.807) is 5.54 Å². The first-order valence-electron chi connectivity index (χ1n) is 5.56. The van der Waals surface area contributed by atoms with E-state index in [2.05, 4.69) is 5.32 Å². The van der Waals surface area contributed by atoms with E-state index in [1.807, 2.05) is 23.8 Å². The topological polar surface area (TPSA) is 35.6 Å². The molecule has 16 heavy (non-hydrogen) atoms. The number of nitrogens with one attached hydrogen (secondary N) is 1. The van der Waals surface area contributed by atoms with Crippen molar-refractivity contribution >= 4 is 17.5 Å². The molecule has 0 aromatic heterocycles. The van der Waals surface area contributed by atoms with Crippen molar-refractivity contribution in [3.63, 3.8) is 0 Å². The summed E-state index contributed by atoms with van der Waals surface area (Å²) in [7, 11) is 1.93. The van der Waals surface area contributed by atoms with Gasteiger partial charge in [-0.05, 0) is 19.5 Å². The van der Waals surface area contributed by atoms with E-state index in [4.69, 9.17) is 11.6 Å². The number of hydrogen-bond acceptors (Lipinski definition) is 3. The minimum absolute atomic E-state index is 0.200. The quantitative estimate of drug-likeness (QED) is 0.783. The second kappa shape index (κ2) is 6.89. The third-order valence-electron chi connectivity index (χ3n) is 2.58. The van der Waals surface area contributed by atoms with Gasteiger partial charge in [0.05, 0.1) is 6.54 Å². The summed E-state index contributed by atoms with van der Waals surface area (Å²) in [4.78, 5) is 15.8. The molecular formula is C11H20ClN3O. The van der Waals surface area contributed by atoms with E-state index in [0.717, 1.165) is 38.3 Å². The maximum atomic E-state index is 11.9. The number of piperazine rings is 1. The van der Waals surface area contributed by atoms with Gasteiger partial charge < -0.3 is 10.2 Å². The fourth-order valence-corrected chi connectivity index (χ4v) is 1.83. The van der Waals surface area contributed by atoms with Crippen molar-refractivity contribution in [2.45, 2.75) is 6.92 Å². The highest BCUT2D eigenvalue weighted by Crippen LogP contribution is 2.00. The van der Waals surface area contributed by atoms with Crippen LogP contribution in [0.15, 0.2) is 11.1 Å². The van der Waals surface area contributed by atoms with Crippen LogP contribution in [0.4, 0.5) is 0 Å². The van der Waals surface area contributed by atoms with E-state index in [9.17, 15) is 4.79 Å². The van der Waals surface area contributed by atoms with Crippen LogP contribution in [0.1, 0.15) is 6.92 Å². The number of halogens is 1. The Morgan fingerprint density at radius 1 is 1.44 bits per heavy atom. The van der Waals surface area contributed by atoms with Gasteiger partial charge in [-0.2, -0.15) is 0 Å². The predicted molar refractivity (Wildman–Crippen MR) is 66.6 cm³/mol. The van der Waals surface area contributed by atoms with Crippen LogP contribution in [0.3, 0.4) is 0 Å². The molecule has 1 saturated heterocycles. The summed E-state index contributed by atoms with van der Waals surface area (Å²) < 4.78 is 0. The first kappa shape index (κ1) is 13.5. The number of rotatable bonds is 4. The summed E-state index contributed by atoms with van der Waals surface area (Å²) in [6, 6.07) is 0. The van der Waals surface area contributed by atoms with Gasteiger partial charge in [0.1, 0.15) is 0 Å². The lowest BCUT2D eigenvalue weighted by Crippen LogP contribution is -2.49. The van der Waals surface area contributed by atoms with Crippen molar-refractivity contribution in [3.05, 3.63) is 11.1 Å². The molecular weight excluding hydrogens is 226 g/mol. The van der Waals surface area contributed by atoms with E-state index < -0.39 is 0 Å². The predicted octanol–water partition coefficient (Wildman–Crippen LogP) is 0.493. The number of likely N-dealkylation sites (N-methyl/N-ethyl adjacent to an activating group) is 1. The van der Waals surface area contributed by atoms with Gasteiger partial charge in [0.25, 0.3) is 0 Å². The first-order valence-corrected chi connectivity index (χ1v) is 6.00. The van der Waals surface area contributed by atoms with Crippen LogP contribution in [0.5, 0.6) is 0 Å². The van der Waals surface area contributed by atoms with Crippen LogP contribution in [0, 0.1) is 0 Å². The van der Waals surface area contributed by atoms with Gasteiger partial charge in [-0.25, -0.2) is 0 Å². The molecule has 4 nitrogen and oxygen atoms in total. The van der Waals surface area contributed by atoms with Crippen LogP contribution in [-0.2, 0) is 4.79 Å². The number of carbonyl (C=O) groups is 1. The van der Waals surface area contributed by atoms with Crippen LogP contribution in [0.25, 0.3) is 0 Å². The molecule has 1 fully saturated rings. The molecule has 1 rings (SSSR count). The van der Waals surface area contributed by atoms with Crippen LogP contribution in [-0.4, -0.2) is 62.0 Å². The molecule has 5 heteroatoms. The monoisotopic (exact) mass is 245 g/mol. The Hall–Kier alpha value is -0.580. The Kier molecular flexibility index (Phi) is 5.80. The van der Waals surface area contributed by atoms with Crippen LogP contribution in [0.2, 0.25) is 0 Å². The van der Waals surface area contributed by atoms with Gasteiger partial charge in [0.2, 0.25) is 5.91 Å². The zero-order valence-corrected chi connectivity index (χ0v) is 10.8. The number of carbonyl (C=O) groups excluding carboxylic acids is 1. The minimum Gasteiger partial charge on any atom is -0.339 e. The summed E-state index contributed by atoms with van der Waals surface area (Å²) in [5, 5.41) is 3.23. The van der Waals surface area contributed by atoms with Gasteiger partial charge in [0.15, 0.2) is 0 Å². The van der Waals surface area contributed by atoms with Crippen LogP contribution >= 0.6 is 11.6 Å². The second-order valence-electron chi connectivity index (χ2n) is 4.26. The summed E-state index contributed by atoms with van der Waals surface area (Å²) in [6.07, 6.45) is 0. The average molecular weight is 246 g/mol. The van der Waals surface area contributed by atoms with Gasteiger partial charge in [-0.1, -0.05) is 11.6 Å². The fraction of sp³-hybridized carbons (Fsp3) is 0.727. The lowest BCUT2D eigenvalue weighted by molar-refractivity contribution is -0.132. The van der Waals surface area contributed by atoms with Crippen molar-refractivity contribution in [2.24, 2.45) is 0 Å². The SMILES string of the molecule is CC(=CCl)CN(C)CC(=O)N1CCNCC1. The number of nitrogens with zero attached hydrogens (tertiary/aromatic N) is 2. The molecule has 1 N–H and O–H groups in total. The van der Waals surface area contributed by atoms with Crippen molar-refractivity contribution < 1.29 is 4.79 Å². The Labute approximate surface area is 102 Å². The molecule has 1 heterocycles. The maximum Gasteiger partial charge on any atom is 0.236 e. The molecule has 1 aliphatic heterocycles. The highest BCUT2D eigenvalue weighted by molar-refractivity contribution is 6.25. The Bertz CT molecular complexity index is 262. The Balaban J connectivity index is 2.32. The summed E-state index contributed by atoms with van der Waals surface area (Å²) >= 11 is 5.59. The average Bonchev–Trinajstić information content (AvgIpc) is 2.29. The van der Waals surface area contributed by atoms with E-state index >= 15 is 0 Å². The maximum absolute atomic E-state index is 11.9. The highest BCUT2D eigenvalue weighted by atomic mass is 35.5. The van der Waals surface area contributed by atoms with E-state index in [-0.39, 0.29) is 5.91 Å². The lowest BCUT2D eigenvalue weighted by atomic mass is 10.3. The Morgan fingerprint density at radius 3 is 2.62 bits per heavy atom. The molecule has 0 atom stereocenters. The normalized spacial score (nSPS) is 18.0. The first-order chi connectivity index (χ1) is 7.63. The third kappa shape index (κ3) is 4.51. The van der Waals surface area contributed by atoms with Crippen molar-refractivity contribution in [1.82, 2.24) is 15.1 Å². The molecule has 0 bridgehead atoms. The fourth-order valence-electron chi connectivity index (χ4n) is 1.76. The molecule has 0 aromatic rings. The molecule has 0 radical (unpaired) electrons. The van der Waals surface area contributed by atoms with Crippen molar-refractivity contribution in [2.75, 3.05) is 46.3 Å². The summed E-state index contributed by atoms with van der Waals surface area (Å²) in [5.41, 5.74) is 2.63. The van der Waals surface area contributed by atoms with E-state index in [1.165, 1.54) is 0 Å². The molecule has 0 aliphatic carbocycles. The molecule has 0 spiro atoms. The molecule has 92 valence electrons. The molecule has 0 aromatic carbocycles. The smallest absolute Gasteiger partial charge is 0.236 e. The van der Waals surface area contributed by atoms with Gasteiger partial charge in [-0.3, -0.25) is 9.69 Å². The summed E-state index contributed by atoms with van der Waals surface area (Å²) in [6.45, 7) is 6.59. The molecule has 0 saturated carbocycles. The van der Waals surface area contributed by atoms with Crippen molar-refractivity contribution in [3.8, 4) is 0 Å². The Morgan fingerprint density at radius 2 is 2.06 bits per heavy atom. The molecule has 0 unspecified atom stereocenters. The third-order valence-corrected chi connectivity index (χ3v) is 2.95. The number of amides is 1. The summed E-state index contributed by atoms with van der Waals surface area (Å²) in [5.74, 6) is 0.200. The van der Waals surface area contributed by atoms with Gasteiger partial charge in [0, 0.05) is 38.3 Å². The van der Waals surface area contributed by atoms with Crippen LogP contribution < -0.4 is 5.32 Å². The number of hydrogen-bond donors (Lipinski definition) is 1. The largest absolute Gasteiger partial charge is 0.339 e. The lowest BCUT2D eigenvalue weighted by Gasteiger charge is -2.29. The molecule has 1 aliphatic rings. The molecule has 1 amide bonds.